The Bertz CT molecular complexity index is 900. The highest BCUT2D eigenvalue weighted by atomic mass is 32.1. The smallest absolute Gasteiger partial charge is 0.217 e. The second kappa shape index (κ2) is 10.3. The van der Waals surface area contributed by atoms with Gasteiger partial charge in [0.15, 0.2) is 5.13 Å². The first-order valence-corrected chi connectivity index (χ1v) is 9.71. The number of aliphatic imine (C=N–C) groups is 1. The zero-order chi connectivity index (χ0) is 20.5. The molecule has 0 aliphatic heterocycles. The van der Waals surface area contributed by atoms with Gasteiger partial charge in [-0.15, -0.1) is 0 Å². The van der Waals surface area contributed by atoms with Crippen molar-refractivity contribution < 1.29 is 4.79 Å². The van der Waals surface area contributed by atoms with E-state index in [1.807, 2.05) is 38.1 Å². The lowest BCUT2D eigenvalue weighted by Crippen LogP contribution is -2.18. The number of carbonyl (C=O) groups is 1. The van der Waals surface area contributed by atoms with Gasteiger partial charge in [-0.2, -0.15) is 0 Å². The molecule has 1 heterocycles. The summed E-state index contributed by atoms with van der Waals surface area (Å²) < 4.78 is 0. The number of benzene rings is 1. The van der Waals surface area contributed by atoms with Crippen molar-refractivity contribution in [1.29, 1.82) is 0 Å². The number of anilines is 2. The fourth-order valence-corrected chi connectivity index (χ4v) is 3.33. The molecule has 0 saturated carbocycles. The van der Waals surface area contributed by atoms with Crippen molar-refractivity contribution >= 4 is 40.0 Å². The van der Waals surface area contributed by atoms with Crippen LogP contribution in [0.3, 0.4) is 0 Å². The van der Waals surface area contributed by atoms with Crippen LogP contribution in [0.5, 0.6) is 0 Å². The average Bonchev–Trinajstić information content (AvgIpc) is 3.01. The zero-order valence-electron chi connectivity index (χ0n) is 16.4. The summed E-state index contributed by atoms with van der Waals surface area (Å²) in [5.74, 6) is 0.417. The monoisotopic (exact) mass is 398 g/mol. The minimum atomic E-state index is -0.0643. The highest BCUT2D eigenvalue weighted by Gasteiger charge is 2.08. The Balaban J connectivity index is 1.97. The molecular weight excluding hydrogens is 372 g/mol. The van der Waals surface area contributed by atoms with Gasteiger partial charge in [0.1, 0.15) is 5.82 Å². The summed E-state index contributed by atoms with van der Waals surface area (Å²) in [7, 11) is 0. The fraction of sp³-hybridized carbons (Fsp3) is 0.250. The van der Waals surface area contributed by atoms with Crippen molar-refractivity contribution in [2.24, 2.45) is 10.7 Å². The lowest BCUT2D eigenvalue weighted by molar-refractivity contribution is -0.119. The summed E-state index contributed by atoms with van der Waals surface area (Å²) in [5.41, 5.74) is 9.47. The fourth-order valence-electron chi connectivity index (χ4n) is 2.36. The third-order valence-corrected chi connectivity index (χ3v) is 4.79. The largest absolute Gasteiger partial charge is 0.397 e. The standard InChI is InChI=1S/C20H26N6OS/c1-5-22-20-25-13(2)19(28-20)18(21)9-10-23-14(3)26-17-8-6-7-16(11-17)12-24-15(4)27/h6-11,26H,3,5,12,21H2,1-2,4H3,(H,22,25)(H,24,27)/b18-9-,23-10?. The summed E-state index contributed by atoms with van der Waals surface area (Å²) in [4.78, 5) is 20.7. The first kappa shape index (κ1) is 21.2. The quantitative estimate of drug-likeness (QED) is 0.484. The number of rotatable bonds is 9. The lowest BCUT2D eigenvalue weighted by atomic mass is 10.2. The Morgan fingerprint density at radius 3 is 2.93 bits per heavy atom. The number of hydrogen-bond acceptors (Lipinski definition) is 7. The Morgan fingerprint density at radius 2 is 2.21 bits per heavy atom. The summed E-state index contributed by atoms with van der Waals surface area (Å²) in [6, 6.07) is 7.69. The molecule has 1 amide bonds. The van der Waals surface area contributed by atoms with Gasteiger partial charge in [0.25, 0.3) is 0 Å². The highest BCUT2D eigenvalue weighted by Crippen LogP contribution is 2.26. The molecule has 1 aromatic carbocycles. The van der Waals surface area contributed by atoms with Crippen molar-refractivity contribution in [3.63, 3.8) is 0 Å². The predicted molar refractivity (Wildman–Crippen MR) is 118 cm³/mol. The van der Waals surface area contributed by atoms with Gasteiger partial charge >= 0.3 is 0 Å². The van der Waals surface area contributed by atoms with Gasteiger partial charge in [0, 0.05) is 31.9 Å². The number of aryl methyl sites for hydroxylation is 1. The van der Waals surface area contributed by atoms with E-state index in [0.29, 0.717) is 18.1 Å². The van der Waals surface area contributed by atoms with E-state index >= 15 is 0 Å². The van der Waals surface area contributed by atoms with Gasteiger partial charge < -0.3 is 21.7 Å². The van der Waals surface area contributed by atoms with E-state index in [2.05, 4.69) is 32.5 Å². The minimum Gasteiger partial charge on any atom is -0.397 e. The van der Waals surface area contributed by atoms with Crippen molar-refractivity contribution in [3.05, 3.63) is 58.9 Å². The topological polar surface area (TPSA) is 104 Å². The second-order valence-corrected chi connectivity index (χ2v) is 7.04. The molecule has 148 valence electrons. The van der Waals surface area contributed by atoms with Crippen LogP contribution in [0, 0.1) is 6.92 Å². The molecule has 1 aromatic heterocycles. The molecule has 28 heavy (non-hydrogen) atoms. The van der Waals surface area contributed by atoms with E-state index in [4.69, 9.17) is 5.73 Å². The summed E-state index contributed by atoms with van der Waals surface area (Å²) >= 11 is 1.52. The normalized spacial score (nSPS) is 11.5. The number of hydrogen-bond donors (Lipinski definition) is 4. The first-order valence-electron chi connectivity index (χ1n) is 8.89. The van der Waals surface area contributed by atoms with Gasteiger partial charge in [-0.25, -0.2) is 9.98 Å². The maximum absolute atomic E-state index is 11.0. The molecule has 7 nitrogen and oxygen atoms in total. The molecule has 0 fully saturated rings. The molecule has 2 rings (SSSR count). The third-order valence-electron chi connectivity index (χ3n) is 3.63. The zero-order valence-corrected chi connectivity index (χ0v) is 17.2. The number of aromatic nitrogens is 1. The maximum atomic E-state index is 11.0. The Labute approximate surface area is 169 Å². The summed E-state index contributed by atoms with van der Waals surface area (Å²) in [6.45, 7) is 10.6. The molecule has 8 heteroatoms. The van der Waals surface area contributed by atoms with Crippen LogP contribution in [0.25, 0.3) is 5.70 Å². The van der Waals surface area contributed by atoms with Crippen LogP contribution in [0.2, 0.25) is 0 Å². The molecule has 2 aromatic rings. The number of amides is 1. The summed E-state index contributed by atoms with van der Waals surface area (Å²) in [6.07, 6.45) is 3.34. The molecule has 0 spiro atoms. The van der Waals surface area contributed by atoms with E-state index in [0.717, 1.165) is 33.5 Å². The lowest BCUT2D eigenvalue weighted by Gasteiger charge is -2.08. The molecule has 0 saturated heterocycles. The number of nitrogens with one attached hydrogen (secondary N) is 3. The third kappa shape index (κ3) is 6.55. The van der Waals surface area contributed by atoms with Gasteiger partial charge in [0.2, 0.25) is 5.91 Å². The van der Waals surface area contributed by atoms with Crippen LogP contribution in [0.4, 0.5) is 10.8 Å². The van der Waals surface area contributed by atoms with Crippen molar-refractivity contribution in [3.8, 4) is 0 Å². The van der Waals surface area contributed by atoms with Crippen LogP contribution < -0.4 is 21.7 Å². The SMILES string of the molecule is C=C(N=C/C=C(\N)c1sc(NCC)nc1C)Nc1cccc(CNC(C)=O)c1. The maximum Gasteiger partial charge on any atom is 0.217 e. The highest BCUT2D eigenvalue weighted by molar-refractivity contribution is 7.16. The predicted octanol–water partition coefficient (Wildman–Crippen LogP) is 3.47. The molecule has 0 bridgehead atoms. The van der Waals surface area contributed by atoms with E-state index in [1.165, 1.54) is 18.3 Å². The van der Waals surface area contributed by atoms with Crippen LogP contribution in [-0.2, 0) is 11.3 Å². The van der Waals surface area contributed by atoms with Crippen LogP contribution in [-0.4, -0.2) is 23.7 Å². The Morgan fingerprint density at radius 1 is 1.43 bits per heavy atom. The van der Waals surface area contributed by atoms with Gasteiger partial charge in [-0.1, -0.05) is 30.0 Å². The first-order chi connectivity index (χ1) is 13.4. The molecule has 5 N–H and O–H groups in total. The van der Waals surface area contributed by atoms with E-state index in [-0.39, 0.29) is 5.91 Å². The molecule has 0 radical (unpaired) electrons. The molecular formula is C20H26N6OS. The number of thiazole rings is 1. The minimum absolute atomic E-state index is 0.0643. The van der Waals surface area contributed by atoms with Crippen molar-refractivity contribution in [2.45, 2.75) is 27.3 Å². The Hall–Kier alpha value is -3.13. The van der Waals surface area contributed by atoms with Crippen LogP contribution >= 0.6 is 11.3 Å². The van der Waals surface area contributed by atoms with E-state index in [1.54, 1.807) is 12.3 Å². The van der Waals surface area contributed by atoms with Crippen LogP contribution in [0.15, 0.2) is 47.7 Å². The van der Waals surface area contributed by atoms with Gasteiger partial charge in [-0.05, 0) is 37.6 Å². The molecule has 0 atom stereocenters. The van der Waals surface area contributed by atoms with E-state index < -0.39 is 0 Å². The Kier molecular flexibility index (Phi) is 7.76. The van der Waals surface area contributed by atoms with Crippen LogP contribution in [0.1, 0.15) is 30.0 Å². The number of nitrogens with two attached hydrogens (primary N) is 1. The van der Waals surface area contributed by atoms with Gasteiger partial charge in [-0.3, -0.25) is 4.79 Å². The van der Waals surface area contributed by atoms with Gasteiger partial charge in [0.05, 0.1) is 16.3 Å². The number of nitrogens with zero attached hydrogens (tertiary/aromatic N) is 2. The second-order valence-electron chi connectivity index (χ2n) is 6.05. The van der Waals surface area contributed by atoms with E-state index in [9.17, 15) is 4.79 Å². The molecule has 0 aliphatic carbocycles. The number of carbonyl (C=O) groups excluding carboxylic acids is 1. The summed E-state index contributed by atoms with van der Waals surface area (Å²) in [5, 5.41) is 9.93. The average molecular weight is 399 g/mol. The molecule has 0 unspecified atom stereocenters. The van der Waals surface area contributed by atoms with Crippen molar-refractivity contribution in [1.82, 2.24) is 10.3 Å². The molecule has 0 aliphatic rings. The number of allylic oxidation sites excluding steroid dienone is 1. The van der Waals surface area contributed by atoms with Crippen molar-refractivity contribution in [2.75, 3.05) is 17.2 Å².